The Morgan fingerprint density at radius 3 is 2.76 bits per heavy atom. The first-order valence-electron chi connectivity index (χ1n) is 11.8. The zero-order chi connectivity index (χ0) is 26.7. The van der Waals surface area contributed by atoms with E-state index in [1.165, 1.54) is 12.4 Å². The number of rotatable bonds is 3. The van der Waals surface area contributed by atoms with Crippen LogP contribution in [0.15, 0.2) is 42.7 Å². The van der Waals surface area contributed by atoms with Gasteiger partial charge in [-0.3, -0.25) is 9.69 Å². The fourth-order valence-corrected chi connectivity index (χ4v) is 5.25. The van der Waals surface area contributed by atoms with E-state index < -0.39 is 11.9 Å². The molecule has 0 radical (unpaired) electrons. The highest BCUT2D eigenvalue weighted by Gasteiger charge is 2.29. The van der Waals surface area contributed by atoms with Gasteiger partial charge in [0.2, 0.25) is 5.88 Å². The Morgan fingerprint density at radius 1 is 1.16 bits per heavy atom. The van der Waals surface area contributed by atoms with E-state index in [0.717, 1.165) is 16.2 Å². The van der Waals surface area contributed by atoms with Gasteiger partial charge in [0.05, 0.1) is 11.6 Å². The standard InChI is InChI=1S/C27H21ClFN5O4/c1-13-19(10-31-25-24(13)34(27(36)37)5-6-38-25)18-8-14-9-21(30-11-20(14)22(28)23(18)29)32-16-3-4-17-15(7-16)12-33(2)26(17)35/h3-4,7-11H,5-6,12H2,1-2H3,(H,30,32)(H,36,37). The Morgan fingerprint density at radius 2 is 1.97 bits per heavy atom. The van der Waals surface area contributed by atoms with Crippen molar-refractivity contribution in [1.29, 1.82) is 0 Å². The number of carbonyl (C=O) groups is 2. The summed E-state index contributed by atoms with van der Waals surface area (Å²) in [5, 5.41) is 13.9. The van der Waals surface area contributed by atoms with E-state index in [1.54, 1.807) is 37.1 Å². The van der Waals surface area contributed by atoms with Crippen molar-refractivity contribution in [2.45, 2.75) is 13.5 Å². The molecule has 0 spiro atoms. The molecule has 2 aromatic carbocycles. The Kier molecular flexibility index (Phi) is 5.57. The molecule has 0 saturated heterocycles. The van der Waals surface area contributed by atoms with Gasteiger partial charge in [-0.05, 0) is 53.8 Å². The Bertz CT molecular complexity index is 1680. The molecule has 0 fully saturated rings. The van der Waals surface area contributed by atoms with E-state index in [9.17, 15) is 14.7 Å². The van der Waals surface area contributed by atoms with Crippen molar-refractivity contribution in [1.82, 2.24) is 14.9 Å². The van der Waals surface area contributed by atoms with Crippen LogP contribution < -0.4 is 15.0 Å². The van der Waals surface area contributed by atoms with Crippen molar-refractivity contribution in [2.24, 2.45) is 0 Å². The molecule has 0 aliphatic carbocycles. The van der Waals surface area contributed by atoms with Crippen LogP contribution in [0, 0.1) is 12.7 Å². The third-order valence-electron chi connectivity index (χ3n) is 6.88. The molecule has 0 atom stereocenters. The minimum Gasteiger partial charge on any atom is -0.474 e. The Balaban J connectivity index is 1.41. The molecule has 2 aliphatic rings. The molecule has 4 aromatic rings. The van der Waals surface area contributed by atoms with Gasteiger partial charge in [0.25, 0.3) is 5.91 Å². The number of nitrogens with one attached hydrogen (secondary N) is 1. The predicted molar refractivity (Wildman–Crippen MR) is 141 cm³/mol. The van der Waals surface area contributed by atoms with Crippen LogP contribution in [-0.2, 0) is 6.54 Å². The summed E-state index contributed by atoms with van der Waals surface area (Å²) in [6.07, 6.45) is 1.82. The molecule has 2 amide bonds. The molecule has 6 rings (SSSR count). The van der Waals surface area contributed by atoms with Gasteiger partial charge in [0, 0.05) is 53.8 Å². The van der Waals surface area contributed by atoms with Gasteiger partial charge < -0.3 is 20.1 Å². The summed E-state index contributed by atoms with van der Waals surface area (Å²) in [4.78, 5) is 35.5. The van der Waals surface area contributed by atoms with Crippen LogP contribution in [0.2, 0.25) is 5.02 Å². The van der Waals surface area contributed by atoms with Crippen LogP contribution in [0.3, 0.4) is 0 Å². The molecule has 9 nitrogen and oxygen atoms in total. The van der Waals surface area contributed by atoms with E-state index >= 15 is 4.39 Å². The monoisotopic (exact) mass is 533 g/mol. The molecule has 4 heterocycles. The van der Waals surface area contributed by atoms with Gasteiger partial charge in [-0.1, -0.05) is 11.6 Å². The van der Waals surface area contributed by atoms with Crippen LogP contribution in [0.4, 0.5) is 26.4 Å². The maximum absolute atomic E-state index is 15.5. The van der Waals surface area contributed by atoms with E-state index in [2.05, 4.69) is 15.3 Å². The fraction of sp³-hybridized carbons (Fsp3) is 0.185. The highest BCUT2D eigenvalue weighted by molar-refractivity contribution is 6.36. The third kappa shape index (κ3) is 3.76. The van der Waals surface area contributed by atoms with E-state index in [0.29, 0.717) is 39.8 Å². The van der Waals surface area contributed by atoms with E-state index in [4.69, 9.17) is 16.3 Å². The first-order chi connectivity index (χ1) is 18.2. The minimum atomic E-state index is -1.14. The van der Waals surface area contributed by atoms with Crippen LogP contribution in [0.25, 0.3) is 21.9 Å². The predicted octanol–water partition coefficient (Wildman–Crippen LogP) is 5.60. The van der Waals surface area contributed by atoms with Crippen LogP contribution in [0.5, 0.6) is 5.88 Å². The minimum absolute atomic E-state index is 0.00965. The van der Waals surface area contributed by atoms with Crippen molar-refractivity contribution in [3.8, 4) is 17.0 Å². The smallest absolute Gasteiger partial charge is 0.412 e. The maximum atomic E-state index is 15.5. The number of anilines is 3. The summed E-state index contributed by atoms with van der Waals surface area (Å²) < 4.78 is 21.1. The summed E-state index contributed by atoms with van der Waals surface area (Å²) in [7, 11) is 1.76. The normalized spacial score (nSPS) is 14.4. The zero-order valence-electron chi connectivity index (χ0n) is 20.4. The van der Waals surface area contributed by atoms with Crippen molar-refractivity contribution in [2.75, 3.05) is 30.4 Å². The molecule has 0 unspecified atom stereocenters. The van der Waals surface area contributed by atoms with Gasteiger partial charge in [-0.15, -0.1) is 0 Å². The van der Waals surface area contributed by atoms with Gasteiger partial charge >= 0.3 is 6.09 Å². The number of fused-ring (bicyclic) bond motifs is 3. The average molecular weight is 534 g/mol. The lowest BCUT2D eigenvalue weighted by atomic mass is 9.97. The average Bonchev–Trinajstić information content (AvgIpc) is 3.18. The molecular weight excluding hydrogens is 513 g/mol. The first-order valence-corrected chi connectivity index (χ1v) is 12.2. The number of hydrogen-bond donors (Lipinski definition) is 2. The molecule has 0 bridgehead atoms. The molecule has 2 aliphatic heterocycles. The van der Waals surface area contributed by atoms with Crippen LogP contribution >= 0.6 is 11.6 Å². The van der Waals surface area contributed by atoms with E-state index in [1.807, 2.05) is 12.1 Å². The van der Waals surface area contributed by atoms with Crippen LogP contribution in [-0.4, -0.2) is 52.2 Å². The number of halogens is 2. The second-order valence-electron chi connectivity index (χ2n) is 9.23. The topological polar surface area (TPSA) is 108 Å². The lowest BCUT2D eigenvalue weighted by Crippen LogP contribution is -2.37. The number of hydrogen-bond acceptors (Lipinski definition) is 6. The van der Waals surface area contributed by atoms with Gasteiger partial charge in [-0.25, -0.2) is 19.2 Å². The molecule has 192 valence electrons. The quantitative estimate of drug-likeness (QED) is 0.353. The van der Waals surface area contributed by atoms with Gasteiger partial charge in [0.15, 0.2) is 0 Å². The molecule has 0 saturated carbocycles. The van der Waals surface area contributed by atoms with Gasteiger partial charge in [-0.2, -0.15) is 0 Å². The van der Waals surface area contributed by atoms with Crippen molar-refractivity contribution >= 4 is 51.6 Å². The lowest BCUT2D eigenvalue weighted by molar-refractivity contribution is 0.0816. The zero-order valence-corrected chi connectivity index (χ0v) is 21.1. The molecule has 11 heteroatoms. The maximum Gasteiger partial charge on any atom is 0.412 e. The van der Waals surface area contributed by atoms with Gasteiger partial charge in [0.1, 0.15) is 23.9 Å². The molecule has 2 aromatic heterocycles. The number of aromatic nitrogens is 2. The number of amides is 2. The summed E-state index contributed by atoms with van der Waals surface area (Å²) in [5.41, 5.74) is 3.74. The van der Waals surface area contributed by atoms with Crippen molar-refractivity contribution < 1.29 is 23.8 Å². The summed E-state index contributed by atoms with van der Waals surface area (Å²) in [6, 6.07) is 8.89. The fourth-order valence-electron chi connectivity index (χ4n) is 4.99. The van der Waals surface area contributed by atoms with Crippen molar-refractivity contribution in [3.63, 3.8) is 0 Å². The molecule has 38 heavy (non-hydrogen) atoms. The highest BCUT2D eigenvalue weighted by atomic mass is 35.5. The number of pyridine rings is 2. The second-order valence-corrected chi connectivity index (χ2v) is 9.61. The Hall–Kier alpha value is -4.44. The number of benzene rings is 2. The summed E-state index contributed by atoms with van der Waals surface area (Å²) in [6.45, 7) is 2.56. The molecule has 2 N–H and O–H groups in total. The third-order valence-corrected chi connectivity index (χ3v) is 7.25. The number of ether oxygens (including phenoxy) is 1. The SMILES string of the molecule is Cc1c(-c2cc3cc(Nc4ccc5c(c4)CN(C)C5=O)ncc3c(Cl)c2F)cnc2c1N(C(=O)O)CCO2. The largest absolute Gasteiger partial charge is 0.474 e. The second kappa shape index (κ2) is 8.84. The molecular formula is C27H21ClFN5O4. The number of nitrogens with zero attached hydrogens (tertiary/aromatic N) is 4. The van der Waals surface area contributed by atoms with E-state index in [-0.39, 0.29) is 41.2 Å². The number of carboxylic acid groups (broad SMARTS) is 1. The highest BCUT2D eigenvalue weighted by Crippen LogP contribution is 2.42. The van der Waals surface area contributed by atoms with Crippen LogP contribution in [0.1, 0.15) is 21.5 Å². The van der Waals surface area contributed by atoms with Crippen molar-refractivity contribution in [3.05, 3.63) is 70.3 Å². The summed E-state index contributed by atoms with van der Waals surface area (Å²) in [5.74, 6) is 0.0294. The summed E-state index contributed by atoms with van der Waals surface area (Å²) >= 11 is 6.44. The Labute approximate surface area is 221 Å². The lowest BCUT2D eigenvalue weighted by Gasteiger charge is -2.28. The number of carbonyl (C=O) groups excluding carboxylic acids is 1. The first kappa shape index (κ1) is 23.9.